The number of amides is 1. The maximum Gasteiger partial charge on any atom is 0.253 e. The molecule has 1 saturated heterocycles. The van der Waals surface area contributed by atoms with Crippen molar-refractivity contribution in [2.24, 2.45) is 0 Å². The predicted octanol–water partition coefficient (Wildman–Crippen LogP) is 6.05. The minimum atomic E-state index is -0.676. The number of carbonyl (C=O) groups excluding carboxylic acids is 1. The summed E-state index contributed by atoms with van der Waals surface area (Å²) in [5, 5.41) is 3.64. The second kappa shape index (κ2) is 10.6. The third-order valence-corrected chi connectivity index (χ3v) is 7.01. The Hall–Kier alpha value is -2.87. The summed E-state index contributed by atoms with van der Waals surface area (Å²) < 4.78 is 20.0. The van der Waals surface area contributed by atoms with E-state index in [1.54, 1.807) is 19.2 Å². The summed E-state index contributed by atoms with van der Waals surface area (Å²) in [6.45, 7) is 9.15. The number of anilines is 1. The molecular formula is C27H29Cl2FN4O2. The highest BCUT2D eigenvalue weighted by Crippen LogP contribution is 2.37. The minimum Gasteiger partial charge on any atom is -0.482 e. The number of nitrogens with one attached hydrogen (secondary N) is 1. The third-order valence-electron chi connectivity index (χ3n) is 6.30. The Morgan fingerprint density at radius 1 is 1.19 bits per heavy atom. The molecule has 0 aliphatic carbocycles. The fourth-order valence-corrected chi connectivity index (χ4v) is 5.34. The molecule has 1 aliphatic heterocycles. The molecule has 1 unspecified atom stereocenters. The standard InChI is InChI=1S/C27H29Cl2FN4O2/c1-14-9-18(27(35)34-12-15(2)33-16(3)13-34)5-6-20(14)19-10-23(26(31)32-11-19)36-17(4)24-21(28)7-8-22(30)25(24)29/h5-11,15-17,33H,12-13H2,1-4H3,(H2,31,32)/t15-,16+,17?. The second-order valence-corrected chi connectivity index (χ2v) is 10.1. The number of ether oxygens (including phenoxy) is 1. The first-order chi connectivity index (χ1) is 17.0. The molecular weight excluding hydrogens is 502 g/mol. The number of carbonyl (C=O) groups is 1. The van der Waals surface area contributed by atoms with Gasteiger partial charge < -0.3 is 20.7 Å². The van der Waals surface area contributed by atoms with Crippen molar-refractivity contribution in [1.29, 1.82) is 0 Å². The summed E-state index contributed by atoms with van der Waals surface area (Å²) in [5.41, 5.74) is 9.62. The number of aromatic nitrogens is 1. The molecule has 1 aromatic heterocycles. The molecule has 3 atom stereocenters. The van der Waals surface area contributed by atoms with E-state index in [1.165, 1.54) is 12.1 Å². The van der Waals surface area contributed by atoms with E-state index in [4.69, 9.17) is 33.7 Å². The van der Waals surface area contributed by atoms with Crippen LogP contribution in [-0.2, 0) is 0 Å². The number of aryl methyl sites for hydroxylation is 1. The van der Waals surface area contributed by atoms with Crippen molar-refractivity contribution in [2.45, 2.75) is 45.9 Å². The minimum absolute atomic E-state index is 0.0157. The van der Waals surface area contributed by atoms with Crippen molar-refractivity contribution in [1.82, 2.24) is 15.2 Å². The molecule has 6 nitrogen and oxygen atoms in total. The highest BCUT2D eigenvalue weighted by Gasteiger charge is 2.26. The SMILES string of the molecule is Cc1cc(C(=O)N2C[C@@H](C)N[C@@H](C)C2)ccc1-c1cnc(N)c(OC(C)c2c(Cl)ccc(F)c2Cl)c1. The number of nitrogen functional groups attached to an aromatic ring is 1. The summed E-state index contributed by atoms with van der Waals surface area (Å²) >= 11 is 12.4. The lowest BCUT2D eigenvalue weighted by Gasteiger charge is -2.36. The number of rotatable bonds is 5. The number of halogens is 3. The molecule has 1 amide bonds. The summed E-state index contributed by atoms with van der Waals surface area (Å²) in [7, 11) is 0. The van der Waals surface area contributed by atoms with Gasteiger partial charge in [0.1, 0.15) is 11.9 Å². The Balaban J connectivity index is 1.59. The van der Waals surface area contributed by atoms with Gasteiger partial charge in [-0.15, -0.1) is 0 Å². The zero-order valence-electron chi connectivity index (χ0n) is 20.6. The fourth-order valence-electron chi connectivity index (χ4n) is 4.66. The Labute approximate surface area is 220 Å². The van der Waals surface area contributed by atoms with Crippen molar-refractivity contribution in [3.05, 3.63) is 75.1 Å². The van der Waals surface area contributed by atoms with Crippen molar-refractivity contribution < 1.29 is 13.9 Å². The van der Waals surface area contributed by atoms with Crippen LogP contribution in [0.1, 0.15) is 48.4 Å². The fraction of sp³-hybridized carbons (Fsp3) is 0.333. The Kier molecular flexibility index (Phi) is 7.73. The van der Waals surface area contributed by atoms with Gasteiger partial charge in [-0.1, -0.05) is 29.3 Å². The Morgan fingerprint density at radius 3 is 2.56 bits per heavy atom. The van der Waals surface area contributed by atoms with Crippen LogP contribution in [-0.4, -0.2) is 41.0 Å². The average molecular weight is 531 g/mol. The zero-order valence-corrected chi connectivity index (χ0v) is 22.1. The van der Waals surface area contributed by atoms with Crippen LogP contribution in [0.3, 0.4) is 0 Å². The Bertz CT molecular complexity index is 1290. The molecule has 9 heteroatoms. The first kappa shape index (κ1) is 26.2. The van der Waals surface area contributed by atoms with Crippen LogP contribution in [0.5, 0.6) is 5.75 Å². The number of hydrogen-bond acceptors (Lipinski definition) is 5. The molecule has 1 aliphatic rings. The molecule has 2 aromatic carbocycles. The maximum absolute atomic E-state index is 14.0. The van der Waals surface area contributed by atoms with Crippen molar-refractivity contribution >= 4 is 34.9 Å². The summed E-state index contributed by atoms with van der Waals surface area (Å²) in [6, 6.07) is 10.5. The van der Waals surface area contributed by atoms with Gasteiger partial charge in [-0.2, -0.15) is 0 Å². The topological polar surface area (TPSA) is 80.5 Å². The van der Waals surface area contributed by atoms with Gasteiger partial charge in [0.15, 0.2) is 11.6 Å². The normalized spacial score (nSPS) is 18.7. The third kappa shape index (κ3) is 5.43. The van der Waals surface area contributed by atoms with E-state index >= 15 is 0 Å². The summed E-state index contributed by atoms with van der Waals surface area (Å²) in [5.74, 6) is -0.0660. The molecule has 190 valence electrons. The molecule has 3 N–H and O–H groups in total. The van der Waals surface area contributed by atoms with Crippen molar-refractivity contribution in [3.8, 4) is 16.9 Å². The second-order valence-electron chi connectivity index (χ2n) is 9.33. The maximum atomic E-state index is 14.0. The number of nitrogens with zero attached hydrogens (tertiary/aromatic N) is 2. The summed E-state index contributed by atoms with van der Waals surface area (Å²) in [6.07, 6.45) is 0.975. The molecule has 2 heterocycles. The lowest BCUT2D eigenvalue weighted by molar-refractivity contribution is 0.0673. The van der Waals surface area contributed by atoms with Gasteiger partial charge in [-0.25, -0.2) is 9.37 Å². The average Bonchev–Trinajstić information content (AvgIpc) is 2.82. The van der Waals surface area contributed by atoms with Gasteiger partial charge in [0.25, 0.3) is 5.91 Å². The van der Waals surface area contributed by atoms with E-state index in [9.17, 15) is 9.18 Å². The van der Waals surface area contributed by atoms with E-state index in [0.29, 0.717) is 35.0 Å². The van der Waals surface area contributed by atoms with E-state index in [2.05, 4.69) is 24.1 Å². The highest BCUT2D eigenvalue weighted by atomic mass is 35.5. The lowest BCUT2D eigenvalue weighted by Crippen LogP contribution is -2.55. The first-order valence-corrected chi connectivity index (χ1v) is 12.5. The number of piperazine rings is 1. The van der Waals surface area contributed by atoms with Gasteiger partial charge in [0, 0.05) is 53.1 Å². The lowest BCUT2D eigenvalue weighted by atomic mass is 9.98. The smallest absolute Gasteiger partial charge is 0.253 e. The van der Waals surface area contributed by atoms with Gasteiger partial charge >= 0.3 is 0 Å². The number of hydrogen-bond donors (Lipinski definition) is 2. The molecule has 1 fully saturated rings. The first-order valence-electron chi connectivity index (χ1n) is 11.8. The summed E-state index contributed by atoms with van der Waals surface area (Å²) in [4.78, 5) is 19.3. The quantitative estimate of drug-likeness (QED) is 0.392. The molecule has 0 saturated carbocycles. The molecule has 3 aromatic rings. The largest absolute Gasteiger partial charge is 0.482 e. The van der Waals surface area contributed by atoms with Crippen LogP contribution in [0.4, 0.5) is 10.2 Å². The van der Waals surface area contributed by atoms with Crippen LogP contribution in [0.25, 0.3) is 11.1 Å². The molecule has 0 radical (unpaired) electrons. The van der Waals surface area contributed by atoms with Gasteiger partial charge in [-0.05, 0) is 69.2 Å². The van der Waals surface area contributed by atoms with Crippen molar-refractivity contribution in [2.75, 3.05) is 18.8 Å². The van der Waals surface area contributed by atoms with E-state index in [-0.39, 0.29) is 28.8 Å². The highest BCUT2D eigenvalue weighted by molar-refractivity contribution is 6.36. The van der Waals surface area contributed by atoms with Crippen LogP contribution in [0, 0.1) is 12.7 Å². The van der Waals surface area contributed by atoms with Crippen LogP contribution < -0.4 is 15.8 Å². The van der Waals surface area contributed by atoms with Gasteiger partial charge in [-0.3, -0.25) is 4.79 Å². The van der Waals surface area contributed by atoms with Crippen molar-refractivity contribution in [3.63, 3.8) is 0 Å². The van der Waals surface area contributed by atoms with E-state index in [0.717, 1.165) is 16.7 Å². The van der Waals surface area contributed by atoms with Crippen LogP contribution >= 0.6 is 23.2 Å². The molecule has 0 bridgehead atoms. The van der Waals surface area contributed by atoms with E-state index in [1.807, 2.05) is 30.0 Å². The van der Waals surface area contributed by atoms with Crippen LogP contribution in [0.15, 0.2) is 42.6 Å². The van der Waals surface area contributed by atoms with Gasteiger partial charge in [0.05, 0.1) is 5.02 Å². The number of pyridine rings is 1. The monoisotopic (exact) mass is 530 g/mol. The molecule has 0 spiro atoms. The molecule has 36 heavy (non-hydrogen) atoms. The van der Waals surface area contributed by atoms with Gasteiger partial charge in [0.2, 0.25) is 0 Å². The molecule has 4 rings (SSSR count). The Morgan fingerprint density at radius 2 is 1.89 bits per heavy atom. The zero-order chi connectivity index (χ0) is 26.1. The van der Waals surface area contributed by atoms with Crippen LogP contribution in [0.2, 0.25) is 10.0 Å². The number of benzene rings is 2. The van der Waals surface area contributed by atoms with E-state index < -0.39 is 11.9 Å². The predicted molar refractivity (Wildman–Crippen MR) is 142 cm³/mol. The number of nitrogens with two attached hydrogens (primary N) is 1.